The number of nitrogens with zero attached hydrogens (tertiary/aromatic N) is 5. The number of tetrazole rings is 1. The van der Waals surface area contributed by atoms with Crippen LogP contribution in [0.15, 0.2) is 52.4 Å². The van der Waals surface area contributed by atoms with Gasteiger partial charge in [0.1, 0.15) is 12.3 Å². The summed E-state index contributed by atoms with van der Waals surface area (Å²) < 4.78 is 4.90. The molecule has 2 N–H and O–H groups in total. The van der Waals surface area contributed by atoms with Crippen LogP contribution in [0.5, 0.6) is 0 Å². The minimum Gasteiger partial charge on any atom is -0.360 e. The number of benzene rings is 1. The van der Waals surface area contributed by atoms with E-state index in [2.05, 4.69) is 31.2 Å². The number of rotatable bonds is 7. The van der Waals surface area contributed by atoms with Gasteiger partial charge in [-0.25, -0.2) is 0 Å². The number of aryl methyl sites for hydroxylation is 1. The Labute approximate surface area is 174 Å². The van der Waals surface area contributed by atoms with Crippen molar-refractivity contribution in [2.24, 2.45) is 0 Å². The third-order valence-electron chi connectivity index (χ3n) is 3.98. The van der Waals surface area contributed by atoms with E-state index in [4.69, 9.17) is 4.52 Å². The summed E-state index contributed by atoms with van der Waals surface area (Å²) in [7, 11) is 0. The summed E-state index contributed by atoms with van der Waals surface area (Å²) in [5, 5.41) is 23.2. The predicted octanol–water partition coefficient (Wildman–Crippen LogP) is 2.52. The Balaban J connectivity index is 1.33. The Morgan fingerprint density at radius 3 is 2.67 bits per heavy atom. The maximum atomic E-state index is 12.1. The third kappa shape index (κ3) is 4.94. The summed E-state index contributed by atoms with van der Waals surface area (Å²) in [6.07, 6.45) is 0.339. The highest BCUT2D eigenvalue weighted by Gasteiger charge is 2.12. The van der Waals surface area contributed by atoms with Crippen molar-refractivity contribution < 1.29 is 14.1 Å². The molecule has 0 aliphatic heterocycles. The average Bonchev–Trinajstić information content (AvgIpc) is 3.46. The van der Waals surface area contributed by atoms with Gasteiger partial charge in [0, 0.05) is 22.2 Å². The molecular weight excluding hydrogens is 406 g/mol. The largest absolute Gasteiger partial charge is 0.360 e. The van der Waals surface area contributed by atoms with Gasteiger partial charge in [-0.2, -0.15) is 4.80 Å². The molecule has 4 aromatic rings. The summed E-state index contributed by atoms with van der Waals surface area (Å²) >= 11 is 1.55. The second-order valence-corrected chi connectivity index (χ2v) is 7.43. The molecule has 0 aliphatic rings. The summed E-state index contributed by atoms with van der Waals surface area (Å²) in [6.45, 7) is 1.62. The quantitative estimate of drug-likeness (QED) is 0.467. The van der Waals surface area contributed by atoms with E-state index in [1.165, 1.54) is 4.80 Å². The molecule has 2 amide bonds. The molecule has 0 saturated carbocycles. The van der Waals surface area contributed by atoms with Crippen LogP contribution in [0.2, 0.25) is 0 Å². The van der Waals surface area contributed by atoms with Crippen LogP contribution in [0.25, 0.3) is 11.4 Å². The molecule has 0 aliphatic carbocycles. The van der Waals surface area contributed by atoms with E-state index in [1.807, 2.05) is 17.5 Å². The van der Waals surface area contributed by atoms with Gasteiger partial charge in [-0.15, -0.1) is 21.5 Å². The Kier molecular flexibility index (Phi) is 5.61. The van der Waals surface area contributed by atoms with Crippen molar-refractivity contribution in [1.29, 1.82) is 0 Å². The third-order valence-corrected chi connectivity index (χ3v) is 4.85. The van der Waals surface area contributed by atoms with Crippen LogP contribution in [0.4, 0.5) is 11.5 Å². The van der Waals surface area contributed by atoms with E-state index in [-0.39, 0.29) is 18.4 Å². The fourth-order valence-corrected chi connectivity index (χ4v) is 3.34. The molecule has 0 radical (unpaired) electrons. The lowest BCUT2D eigenvalue weighted by molar-refractivity contribution is -0.117. The monoisotopic (exact) mass is 423 g/mol. The summed E-state index contributed by atoms with van der Waals surface area (Å²) in [6, 6.07) is 12.5. The van der Waals surface area contributed by atoms with Crippen molar-refractivity contribution in [3.8, 4) is 11.4 Å². The van der Waals surface area contributed by atoms with Crippen LogP contribution < -0.4 is 10.6 Å². The van der Waals surface area contributed by atoms with E-state index in [0.29, 0.717) is 35.1 Å². The fourth-order valence-electron chi connectivity index (χ4n) is 2.64. The van der Waals surface area contributed by atoms with E-state index < -0.39 is 0 Å². The topological polar surface area (TPSA) is 128 Å². The second kappa shape index (κ2) is 8.66. The molecule has 152 valence electrons. The zero-order valence-electron chi connectivity index (χ0n) is 15.9. The summed E-state index contributed by atoms with van der Waals surface area (Å²) in [4.78, 5) is 26.3. The molecule has 0 saturated heterocycles. The predicted molar refractivity (Wildman–Crippen MR) is 110 cm³/mol. The number of hydrogen-bond donors (Lipinski definition) is 2. The van der Waals surface area contributed by atoms with Crippen molar-refractivity contribution in [2.75, 3.05) is 10.6 Å². The zero-order chi connectivity index (χ0) is 20.9. The molecule has 4 rings (SSSR count). The first-order chi connectivity index (χ1) is 14.5. The van der Waals surface area contributed by atoms with Crippen LogP contribution in [0.1, 0.15) is 10.6 Å². The van der Waals surface area contributed by atoms with Gasteiger partial charge < -0.3 is 15.2 Å². The zero-order valence-corrected chi connectivity index (χ0v) is 16.7. The number of thiophene rings is 1. The minimum absolute atomic E-state index is 0.0809. The van der Waals surface area contributed by atoms with Gasteiger partial charge in [0.25, 0.3) is 0 Å². The first-order valence-electron chi connectivity index (χ1n) is 8.99. The normalized spacial score (nSPS) is 10.7. The lowest BCUT2D eigenvalue weighted by Gasteiger charge is -2.04. The van der Waals surface area contributed by atoms with Gasteiger partial charge in [0.15, 0.2) is 5.82 Å². The van der Waals surface area contributed by atoms with Gasteiger partial charge in [0.2, 0.25) is 17.6 Å². The smallest absolute Gasteiger partial charge is 0.249 e. The van der Waals surface area contributed by atoms with Crippen LogP contribution in [-0.2, 0) is 22.6 Å². The molecule has 3 aromatic heterocycles. The lowest BCUT2D eigenvalue weighted by Crippen LogP contribution is -2.20. The number of nitrogens with one attached hydrogen (secondary N) is 2. The van der Waals surface area contributed by atoms with Gasteiger partial charge in [-0.3, -0.25) is 9.59 Å². The van der Waals surface area contributed by atoms with Crippen LogP contribution >= 0.6 is 11.3 Å². The Bertz CT molecular complexity index is 1150. The number of hydrogen-bond acceptors (Lipinski definition) is 8. The minimum atomic E-state index is -0.351. The van der Waals surface area contributed by atoms with Gasteiger partial charge >= 0.3 is 0 Å². The van der Waals surface area contributed by atoms with Crippen LogP contribution in [-0.4, -0.2) is 37.2 Å². The van der Waals surface area contributed by atoms with Crippen molar-refractivity contribution in [1.82, 2.24) is 25.4 Å². The second-order valence-electron chi connectivity index (χ2n) is 6.40. The number of aromatic nitrogens is 5. The number of amides is 2. The molecule has 1 aromatic carbocycles. The first-order valence-corrected chi connectivity index (χ1v) is 9.87. The van der Waals surface area contributed by atoms with Gasteiger partial charge in [0.05, 0.1) is 6.42 Å². The molecule has 0 atom stereocenters. The van der Waals surface area contributed by atoms with Crippen molar-refractivity contribution in [3.63, 3.8) is 0 Å². The fraction of sp³-hybridized carbons (Fsp3) is 0.158. The molecule has 0 unspecified atom stereocenters. The van der Waals surface area contributed by atoms with Crippen LogP contribution in [0, 0.1) is 6.92 Å². The maximum absolute atomic E-state index is 12.1. The highest BCUT2D eigenvalue weighted by Crippen LogP contribution is 2.18. The van der Waals surface area contributed by atoms with Crippen molar-refractivity contribution >= 4 is 34.7 Å². The molecule has 10 nitrogen and oxygen atoms in total. The Hall–Kier alpha value is -3.86. The van der Waals surface area contributed by atoms with Crippen LogP contribution in [0.3, 0.4) is 0 Å². The molecule has 30 heavy (non-hydrogen) atoms. The molecule has 3 heterocycles. The molecule has 0 spiro atoms. The summed E-state index contributed by atoms with van der Waals surface area (Å²) in [5.41, 5.74) is 1.39. The highest BCUT2D eigenvalue weighted by atomic mass is 32.1. The Morgan fingerprint density at radius 2 is 1.97 bits per heavy atom. The van der Waals surface area contributed by atoms with E-state index >= 15 is 0 Å². The summed E-state index contributed by atoms with van der Waals surface area (Å²) in [5.74, 6) is 0.863. The van der Waals surface area contributed by atoms with Crippen molar-refractivity contribution in [3.05, 3.63) is 58.5 Å². The first kappa shape index (κ1) is 19.5. The molecule has 0 bridgehead atoms. The molecule has 0 fully saturated rings. The number of carbonyl (C=O) groups excluding carboxylic acids is 2. The van der Waals surface area contributed by atoms with E-state index in [9.17, 15) is 9.59 Å². The maximum Gasteiger partial charge on any atom is 0.249 e. The molecule has 11 heteroatoms. The van der Waals surface area contributed by atoms with Gasteiger partial charge in [-0.05, 0) is 47.8 Å². The van der Waals surface area contributed by atoms with E-state index in [0.717, 1.165) is 4.88 Å². The number of anilines is 2. The van der Waals surface area contributed by atoms with Gasteiger partial charge in [-0.1, -0.05) is 11.2 Å². The number of carbonyl (C=O) groups is 2. The Morgan fingerprint density at radius 1 is 1.13 bits per heavy atom. The SMILES string of the molecule is Cc1cc(NC(=O)Cn2nnc(-c3ccc(NC(=O)Cc4cccs4)cc3)n2)no1. The van der Waals surface area contributed by atoms with E-state index in [1.54, 1.807) is 48.6 Å². The lowest BCUT2D eigenvalue weighted by atomic mass is 10.2. The highest BCUT2D eigenvalue weighted by molar-refractivity contribution is 7.10. The van der Waals surface area contributed by atoms with Crippen molar-refractivity contribution in [2.45, 2.75) is 19.9 Å². The average molecular weight is 423 g/mol. The standard InChI is InChI=1S/C19H17N7O3S/c1-12-9-16(24-29-12)21-18(28)11-26-23-19(22-25-26)13-4-6-14(7-5-13)20-17(27)10-15-3-2-8-30-15/h2-9H,10-11H2,1H3,(H,20,27)(H,21,24,28). The molecular formula is C19H17N7O3S.